The summed E-state index contributed by atoms with van der Waals surface area (Å²) in [5, 5.41) is 8.01. The van der Waals surface area contributed by atoms with E-state index in [0.717, 1.165) is 0 Å². The molecule has 0 aromatic heterocycles. The van der Waals surface area contributed by atoms with E-state index in [1.807, 2.05) is 6.07 Å². The van der Waals surface area contributed by atoms with Crippen molar-refractivity contribution in [1.82, 2.24) is 0 Å². The second kappa shape index (κ2) is 3.59. The Morgan fingerprint density at radius 2 is 2.57 bits per heavy atom. The van der Waals surface area contributed by atoms with E-state index >= 15 is 0 Å². The summed E-state index contributed by atoms with van der Waals surface area (Å²) in [6.45, 7) is 0.316. The van der Waals surface area contributed by atoms with Crippen molar-refractivity contribution in [3.05, 3.63) is 0 Å². The van der Waals surface area contributed by atoms with Crippen LogP contribution in [0.5, 0.6) is 0 Å². The molecule has 0 aromatic rings. The van der Waals surface area contributed by atoms with Gasteiger partial charge in [0.1, 0.15) is 6.04 Å². The van der Waals surface area contributed by atoms with Crippen LogP contribution in [0.2, 0.25) is 0 Å². The van der Waals surface area contributed by atoms with Crippen molar-refractivity contribution in [3.8, 4) is 6.07 Å². The van der Waals surface area contributed by atoms with Crippen LogP contribution < -0.4 is 5.73 Å². The molecule has 0 unspecified atom stereocenters. The van der Waals surface area contributed by atoms with Gasteiger partial charge in [-0.25, -0.2) is 0 Å². The molecule has 0 saturated heterocycles. The Hall–Kier alpha value is -0.590. The maximum Gasteiger partial charge on any atom is 0.116 e. The average Bonchev–Trinajstić information content (AvgIpc) is 1.68. The second-order valence-corrected chi connectivity index (χ2v) is 1.19. The highest BCUT2D eigenvalue weighted by Gasteiger charge is 1.93. The fourth-order valence-electron chi connectivity index (χ4n) is 0.217. The van der Waals surface area contributed by atoms with E-state index in [1.54, 1.807) is 0 Å². The molecule has 0 aliphatic carbocycles. The number of nitrogens with zero attached hydrogens (tertiary/aromatic N) is 1. The summed E-state index contributed by atoms with van der Waals surface area (Å²) in [6, 6.07) is 1.35. The van der Waals surface area contributed by atoms with Gasteiger partial charge in [-0.15, -0.1) is 0 Å². The Bertz CT molecular complexity index is 76.2. The van der Waals surface area contributed by atoms with Crippen LogP contribution in [0.1, 0.15) is 0 Å². The monoisotopic (exact) mass is 100 g/mol. The molecular weight excluding hydrogens is 92.1 g/mol. The Labute approximate surface area is 42.7 Å². The number of hydrogen-bond donors (Lipinski definition) is 1. The molecule has 1 atom stereocenters. The predicted octanol–water partition coefficient (Wildman–Crippen LogP) is -0.516. The first-order valence-electron chi connectivity index (χ1n) is 1.95. The molecule has 0 aromatic carbocycles. The van der Waals surface area contributed by atoms with E-state index in [9.17, 15) is 0 Å². The van der Waals surface area contributed by atoms with Crippen LogP contribution in [0.3, 0.4) is 0 Å². The first-order valence-corrected chi connectivity index (χ1v) is 1.95. The Balaban J connectivity index is 3.04. The average molecular weight is 100 g/mol. The molecule has 0 heterocycles. The maximum atomic E-state index is 8.01. The zero-order valence-corrected chi connectivity index (χ0v) is 4.22. The summed E-state index contributed by atoms with van der Waals surface area (Å²) in [4.78, 5) is 0. The zero-order valence-electron chi connectivity index (χ0n) is 4.22. The van der Waals surface area contributed by atoms with Gasteiger partial charge in [-0.1, -0.05) is 0 Å². The largest absolute Gasteiger partial charge is 0.382 e. The number of nitrogens with two attached hydrogens (primary N) is 1. The van der Waals surface area contributed by atoms with Gasteiger partial charge in [0.25, 0.3) is 0 Å². The molecule has 0 saturated carbocycles. The summed E-state index contributed by atoms with van der Waals surface area (Å²) < 4.78 is 4.55. The molecule has 2 N–H and O–H groups in total. The van der Waals surface area contributed by atoms with Crippen molar-refractivity contribution < 1.29 is 4.74 Å². The molecule has 0 radical (unpaired) electrons. The van der Waals surface area contributed by atoms with E-state index < -0.39 is 6.04 Å². The topological polar surface area (TPSA) is 59.0 Å². The van der Waals surface area contributed by atoms with Crippen molar-refractivity contribution in [3.63, 3.8) is 0 Å². The van der Waals surface area contributed by atoms with Gasteiger partial charge in [0.2, 0.25) is 0 Å². The molecule has 0 rings (SSSR count). The molecule has 0 amide bonds. The fourth-order valence-corrected chi connectivity index (χ4v) is 0.217. The third-order valence-corrected chi connectivity index (χ3v) is 0.512. The first-order chi connectivity index (χ1) is 3.31. The third kappa shape index (κ3) is 3.23. The van der Waals surface area contributed by atoms with E-state index in [1.165, 1.54) is 7.11 Å². The number of rotatable bonds is 2. The van der Waals surface area contributed by atoms with E-state index in [-0.39, 0.29) is 0 Å². The number of nitriles is 1. The van der Waals surface area contributed by atoms with Gasteiger partial charge in [-0.05, 0) is 0 Å². The van der Waals surface area contributed by atoms with Crippen LogP contribution in [-0.2, 0) is 4.74 Å². The van der Waals surface area contributed by atoms with Crippen molar-refractivity contribution in [2.75, 3.05) is 13.7 Å². The molecule has 3 nitrogen and oxygen atoms in total. The van der Waals surface area contributed by atoms with Crippen LogP contribution in [-0.4, -0.2) is 19.8 Å². The molecule has 7 heavy (non-hydrogen) atoms. The van der Waals surface area contributed by atoms with Gasteiger partial charge in [0.15, 0.2) is 0 Å². The molecule has 0 fully saturated rings. The Kier molecular flexibility index (Phi) is 3.29. The highest BCUT2D eigenvalue weighted by atomic mass is 16.5. The van der Waals surface area contributed by atoms with Gasteiger partial charge < -0.3 is 10.5 Å². The summed E-state index contributed by atoms with van der Waals surface area (Å²) in [5.41, 5.74) is 5.10. The summed E-state index contributed by atoms with van der Waals surface area (Å²) >= 11 is 0. The summed E-state index contributed by atoms with van der Waals surface area (Å²) in [6.07, 6.45) is 0. The highest BCUT2D eigenvalue weighted by molar-refractivity contribution is 4.85. The predicted molar refractivity (Wildman–Crippen MR) is 25.5 cm³/mol. The van der Waals surface area contributed by atoms with Gasteiger partial charge in [-0.3, -0.25) is 0 Å². The molecule has 3 heteroatoms. The second-order valence-electron chi connectivity index (χ2n) is 1.19. The first kappa shape index (κ1) is 6.41. The van der Waals surface area contributed by atoms with Gasteiger partial charge >= 0.3 is 0 Å². The minimum Gasteiger partial charge on any atom is -0.382 e. The van der Waals surface area contributed by atoms with Gasteiger partial charge in [-0.2, -0.15) is 5.26 Å². The quantitative estimate of drug-likeness (QED) is 0.508. The smallest absolute Gasteiger partial charge is 0.116 e. The standard InChI is InChI=1S/C4H8N2O/c1-7-3-4(6)2-5/h4H,3,6H2,1H3/t4-/m1/s1. The lowest BCUT2D eigenvalue weighted by Gasteiger charge is -1.95. The van der Waals surface area contributed by atoms with Crippen molar-refractivity contribution in [2.24, 2.45) is 5.73 Å². The minimum atomic E-state index is -0.468. The van der Waals surface area contributed by atoms with Crippen molar-refractivity contribution >= 4 is 0 Å². The number of ether oxygens (including phenoxy) is 1. The lowest BCUT2D eigenvalue weighted by Crippen LogP contribution is -2.22. The molecule has 0 aliphatic rings. The van der Waals surface area contributed by atoms with Crippen molar-refractivity contribution in [2.45, 2.75) is 6.04 Å². The SMILES string of the molecule is COC[C@H](N)C#N. The number of methoxy groups -OCH3 is 1. The van der Waals surface area contributed by atoms with Gasteiger partial charge in [0.05, 0.1) is 12.7 Å². The van der Waals surface area contributed by atoms with Gasteiger partial charge in [0, 0.05) is 7.11 Å². The summed E-state index contributed by atoms with van der Waals surface area (Å²) in [7, 11) is 1.51. The maximum absolute atomic E-state index is 8.01. The number of hydrogen-bond acceptors (Lipinski definition) is 3. The lowest BCUT2D eigenvalue weighted by molar-refractivity contribution is 0.193. The molecule has 0 bridgehead atoms. The zero-order chi connectivity index (χ0) is 5.70. The normalized spacial score (nSPS) is 12.7. The Morgan fingerprint density at radius 3 is 2.71 bits per heavy atom. The third-order valence-electron chi connectivity index (χ3n) is 0.512. The highest BCUT2D eigenvalue weighted by Crippen LogP contribution is 1.72. The van der Waals surface area contributed by atoms with Crippen LogP contribution >= 0.6 is 0 Å². The van der Waals surface area contributed by atoms with E-state index in [4.69, 9.17) is 11.0 Å². The van der Waals surface area contributed by atoms with E-state index in [2.05, 4.69) is 4.74 Å². The fraction of sp³-hybridized carbons (Fsp3) is 0.750. The van der Waals surface area contributed by atoms with Crippen LogP contribution in [0.25, 0.3) is 0 Å². The minimum absolute atomic E-state index is 0.316. The van der Waals surface area contributed by atoms with Crippen molar-refractivity contribution in [1.29, 1.82) is 5.26 Å². The lowest BCUT2D eigenvalue weighted by atomic mass is 10.4. The molecule has 0 spiro atoms. The van der Waals surface area contributed by atoms with Crippen LogP contribution in [0.15, 0.2) is 0 Å². The van der Waals surface area contributed by atoms with E-state index in [0.29, 0.717) is 6.61 Å². The molecule has 40 valence electrons. The molecular formula is C4H8N2O. The Morgan fingerprint density at radius 1 is 2.00 bits per heavy atom. The van der Waals surface area contributed by atoms with Crippen LogP contribution in [0.4, 0.5) is 0 Å². The summed E-state index contributed by atoms with van der Waals surface area (Å²) in [5.74, 6) is 0. The van der Waals surface area contributed by atoms with Crippen LogP contribution in [0, 0.1) is 11.3 Å². The molecule has 0 aliphatic heterocycles.